The molecule has 0 fully saturated rings. The molecule has 1 amide bonds. The van der Waals surface area contributed by atoms with Crippen LogP contribution in [0.25, 0.3) is 0 Å². The minimum Gasteiger partial charge on any atom is -0.484 e. The number of rotatable bonds is 6. The number of amides is 1. The van der Waals surface area contributed by atoms with Gasteiger partial charge in [0.2, 0.25) is 0 Å². The second kappa shape index (κ2) is 6.83. The van der Waals surface area contributed by atoms with Crippen molar-refractivity contribution in [2.75, 3.05) is 13.2 Å². The fourth-order valence-corrected chi connectivity index (χ4v) is 1.31. The van der Waals surface area contributed by atoms with E-state index in [2.05, 4.69) is 5.32 Å². The number of hydrogen-bond donors (Lipinski definition) is 3. The Morgan fingerprint density at radius 3 is 2.72 bits per heavy atom. The van der Waals surface area contributed by atoms with Crippen molar-refractivity contribution in [3.63, 3.8) is 0 Å². The van der Waals surface area contributed by atoms with Gasteiger partial charge < -0.3 is 20.3 Å². The lowest BCUT2D eigenvalue weighted by Gasteiger charge is -2.12. The number of halogens is 1. The third kappa shape index (κ3) is 4.60. The van der Waals surface area contributed by atoms with E-state index in [9.17, 15) is 9.59 Å². The molecule has 1 aromatic carbocycles. The molecular weight excluding hydrogens is 262 g/mol. The van der Waals surface area contributed by atoms with Crippen LogP contribution >= 0.6 is 11.6 Å². The number of benzene rings is 1. The molecule has 1 rings (SSSR count). The lowest BCUT2D eigenvalue weighted by Crippen LogP contribution is -2.45. The highest BCUT2D eigenvalue weighted by Gasteiger charge is 2.18. The molecule has 98 valence electrons. The minimum atomic E-state index is -1.33. The Kier molecular flexibility index (Phi) is 5.41. The van der Waals surface area contributed by atoms with E-state index in [4.69, 9.17) is 26.6 Å². The summed E-state index contributed by atoms with van der Waals surface area (Å²) in [6.45, 7) is -1.04. The number of hydrogen-bond acceptors (Lipinski definition) is 4. The van der Waals surface area contributed by atoms with Gasteiger partial charge >= 0.3 is 5.97 Å². The van der Waals surface area contributed by atoms with Crippen molar-refractivity contribution in [1.82, 2.24) is 5.32 Å². The monoisotopic (exact) mass is 273 g/mol. The number of aliphatic carboxylic acids is 1. The molecule has 0 saturated carbocycles. The van der Waals surface area contributed by atoms with Crippen molar-refractivity contribution < 1.29 is 24.5 Å². The van der Waals surface area contributed by atoms with Gasteiger partial charge in [0, 0.05) is 5.02 Å². The first kappa shape index (κ1) is 14.3. The van der Waals surface area contributed by atoms with Crippen LogP contribution in [0.15, 0.2) is 24.3 Å². The zero-order valence-corrected chi connectivity index (χ0v) is 10.1. The topological polar surface area (TPSA) is 95.9 Å². The Morgan fingerprint density at radius 2 is 2.17 bits per heavy atom. The maximum atomic E-state index is 11.3. The largest absolute Gasteiger partial charge is 0.484 e. The molecule has 18 heavy (non-hydrogen) atoms. The van der Waals surface area contributed by atoms with E-state index < -0.39 is 24.5 Å². The summed E-state index contributed by atoms with van der Waals surface area (Å²) in [4.78, 5) is 21.9. The molecule has 0 aliphatic rings. The average molecular weight is 274 g/mol. The molecular formula is C11H12ClNO5. The van der Waals surface area contributed by atoms with Gasteiger partial charge in [-0.15, -0.1) is 0 Å². The van der Waals surface area contributed by atoms with E-state index in [0.717, 1.165) is 0 Å². The van der Waals surface area contributed by atoms with E-state index in [-0.39, 0.29) is 6.61 Å². The van der Waals surface area contributed by atoms with Crippen molar-refractivity contribution in [3.05, 3.63) is 29.3 Å². The fourth-order valence-electron chi connectivity index (χ4n) is 1.13. The van der Waals surface area contributed by atoms with Crippen molar-refractivity contribution in [1.29, 1.82) is 0 Å². The molecule has 0 heterocycles. The van der Waals surface area contributed by atoms with Crippen LogP contribution in [0.3, 0.4) is 0 Å². The quantitative estimate of drug-likeness (QED) is 0.692. The Bertz CT molecular complexity index is 437. The SMILES string of the molecule is O=C(COc1cccc(Cl)c1)N[C@H](CO)C(=O)O. The van der Waals surface area contributed by atoms with Gasteiger partial charge in [0.05, 0.1) is 6.61 Å². The summed E-state index contributed by atoms with van der Waals surface area (Å²) in [6.07, 6.45) is 0. The summed E-state index contributed by atoms with van der Waals surface area (Å²) >= 11 is 5.72. The smallest absolute Gasteiger partial charge is 0.328 e. The molecule has 0 spiro atoms. The third-order valence-electron chi connectivity index (χ3n) is 1.98. The molecule has 0 aliphatic carbocycles. The summed E-state index contributed by atoms with van der Waals surface area (Å²) in [5.74, 6) is -1.56. The highest BCUT2D eigenvalue weighted by atomic mass is 35.5. The summed E-state index contributed by atoms with van der Waals surface area (Å²) < 4.78 is 5.10. The van der Waals surface area contributed by atoms with Crippen molar-refractivity contribution in [2.45, 2.75) is 6.04 Å². The molecule has 0 saturated heterocycles. The Balaban J connectivity index is 2.44. The van der Waals surface area contributed by atoms with Gasteiger partial charge in [-0.25, -0.2) is 4.79 Å². The van der Waals surface area contributed by atoms with Gasteiger partial charge in [-0.1, -0.05) is 17.7 Å². The van der Waals surface area contributed by atoms with Gasteiger partial charge in [0.15, 0.2) is 6.61 Å². The first-order valence-electron chi connectivity index (χ1n) is 5.04. The maximum absolute atomic E-state index is 11.3. The lowest BCUT2D eigenvalue weighted by atomic mass is 10.3. The normalized spacial score (nSPS) is 11.7. The number of ether oxygens (including phenoxy) is 1. The van der Waals surface area contributed by atoms with Crippen molar-refractivity contribution in [3.8, 4) is 5.75 Å². The van der Waals surface area contributed by atoms with Gasteiger partial charge in [-0.05, 0) is 18.2 Å². The first-order chi connectivity index (χ1) is 8.52. The van der Waals surface area contributed by atoms with Crippen LogP contribution < -0.4 is 10.1 Å². The second-order valence-electron chi connectivity index (χ2n) is 3.39. The molecule has 0 unspecified atom stereocenters. The zero-order chi connectivity index (χ0) is 13.5. The van der Waals surface area contributed by atoms with Crippen LogP contribution in [-0.4, -0.2) is 41.3 Å². The lowest BCUT2D eigenvalue weighted by molar-refractivity contribution is -0.143. The molecule has 3 N–H and O–H groups in total. The van der Waals surface area contributed by atoms with Crippen molar-refractivity contribution in [2.24, 2.45) is 0 Å². The summed E-state index contributed by atoms with van der Waals surface area (Å²) in [5, 5.41) is 19.9. The fraction of sp³-hybridized carbons (Fsp3) is 0.273. The standard InChI is InChI=1S/C11H12ClNO5/c12-7-2-1-3-8(4-7)18-6-10(15)13-9(5-14)11(16)17/h1-4,9,14H,5-6H2,(H,13,15)(H,16,17)/t9-/m1/s1. The number of aliphatic hydroxyl groups is 1. The highest BCUT2D eigenvalue weighted by molar-refractivity contribution is 6.30. The summed E-state index contributed by atoms with van der Waals surface area (Å²) in [5.41, 5.74) is 0. The predicted octanol–water partition coefficient (Wildman–Crippen LogP) is 0.280. The van der Waals surface area contributed by atoms with Crippen LogP contribution in [0, 0.1) is 0 Å². The first-order valence-corrected chi connectivity index (χ1v) is 5.42. The van der Waals surface area contributed by atoms with Crippen LogP contribution in [-0.2, 0) is 9.59 Å². The van der Waals surface area contributed by atoms with E-state index in [1.807, 2.05) is 0 Å². The molecule has 0 aromatic heterocycles. The van der Waals surface area contributed by atoms with Crippen molar-refractivity contribution >= 4 is 23.5 Å². The molecule has 6 nitrogen and oxygen atoms in total. The molecule has 0 aliphatic heterocycles. The van der Waals surface area contributed by atoms with E-state index in [1.165, 1.54) is 6.07 Å². The Labute approximate surface area is 108 Å². The summed E-state index contributed by atoms with van der Waals surface area (Å²) in [7, 11) is 0. The van der Waals surface area contributed by atoms with Crippen LogP contribution in [0.5, 0.6) is 5.75 Å². The summed E-state index contributed by atoms with van der Waals surface area (Å²) in [6, 6.07) is 5.11. The maximum Gasteiger partial charge on any atom is 0.328 e. The molecule has 1 atom stereocenters. The Hall–Kier alpha value is -1.79. The van der Waals surface area contributed by atoms with Gasteiger partial charge in [0.1, 0.15) is 11.8 Å². The Morgan fingerprint density at radius 1 is 1.44 bits per heavy atom. The van der Waals surface area contributed by atoms with E-state index in [1.54, 1.807) is 18.2 Å². The van der Waals surface area contributed by atoms with E-state index >= 15 is 0 Å². The zero-order valence-electron chi connectivity index (χ0n) is 9.30. The predicted molar refractivity (Wildman–Crippen MR) is 63.6 cm³/mol. The number of carbonyl (C=O) groups is 2. The minimum absolute atomic E-state index is 0.357. The number of carboxylic acids is 1. The molecule has 0 bridgehead atoms. The molecule has 1 aromatic rings. The number of carbonyl (C=O) groups excluding carboxylic acids is 1. The second-order valence-corrected chi connectivity index (χ2v) is 3.82. The third-order valence-corrected chi connectivity index (χ3v) is 2.22. The number of carboxylic acid groups (broad SMARTS) is 1. The number of aliphatic hydroxyl groups excluding tert-OH is 1. The van der Waals surface area contributed by atoms with Gasteiger partial charge in [-0.2, -0.15) is 0 Å². The van der Waals surface area contributed by atoms with E-state index in [0.29, 0.717) is 10.8 Å². The molecule has 7 heteroatoms. The van der Waals surface area contributed by atoms with Gasteiger partial charge in [0.25, 0.3) is 5.91 Å². The number of nitrogens with one attached hydrogen (secondary N) is 1. The highest BCUT2D eigenvalue weighted by Crippen LogP contribution is 2.16. The molecule has 0 radical (unpaired) electrons. The van der Waals surface area contributed by atoms with Crippen LogP contribution in [0.1, 0.15) is 0 Å². The average Bonchev–Trinajstić information content (AvgIpc) is 2.33. The van der Waals surface area contributed by atoms with Gasteiger partial charge in [-0.3, -0.25) is 4.79 Å². The van der Waals surface area contributed by atoms with Crippen LogP contribution in [0.4, 0.5) is 0 Å². The van der Waals surface area contributed by atoms with Crippen LogP contribution in [0.2, 0.25) is 5.02 Å².